The second-order valence-corrected chi connectivity index (χ2v) is 6.02. The van der Waals surface area contributed by atoms with Crippen molar-refractivity contribution in [2.75, 3.05) is 13.6 Å². The van der Waals surface area contributed by atoms with E-state index in [2.05, 4.69) is 52.4 Å². The zero-order valence-electron chi connectivity index (χ0n) is 11.8. The minimum atomic E-state index is -0.145. The fourth-order valence-electron chi connectivity index (χ4n) is 2.43. The number of rotatable bonds is 5. The molecule has 1 nitrogen and oxygen atoms in total. The van der Waals surface area contributed by atoms with Crippen molar-refractivity contribution in [3.8, 4) is 0 Å². The summed E-state index contributed by atoms with van der Waals surface area (Å²) in [4.78, 5) is 0. The molecule has 0 heterocycles. The highest BCUT2D eigenvalue weighted by atomic mass is 79.9. The first-order chi connectivity index (χ1) is 9.60. The topological polar surface area (TPSA) is 12.0 Å². The highest BCUT2D eigenvalue weighted by molar-refractivity contribution is 9.10. The lowest BCUT2D eigenvalue weighted by Crippen LogP contribution is -2.19. The van der Waals surface area contributed by atoms with Gasteiger partial charge < -0.3 is 5.32 Å². The lowest BCUT2D eigenvalue weighted by Gasteiger charge is -2.18. The molecule has 1 unspecified atom stereocenters. The Balaban J connectivity index is 2.25. The van der Waals surface area contributed by atoms with Gasteiger partial charge in [-0.25, -0.2) is 4.39 Å². The van der Waals surface area contributed by atoms with Gasteiger partial charge in [-0.15, -0.1) is 0 Å². The minimum Gasteiger partial charge on any atom is -0.319 e. The average Bonchev–Trinajstić information content (AvgIpc) is 2.41. The summed E-state index contributed by atoms with van der Waals surface area (Å²) < 4.78 is 14.8. The molecule has 20 heavy (non-hydrogen) atoms. The molecular weight excluding hydrogens is 317 g/mol. The summed E-state index contributed by atoms with van der Waals surface area (Å²) in [5.41, 5.74) is 3.25. The third-order valence-corrected chi connectivity index (χ3v) is 3.94. The Hall–Kier alpha value is -1.19. The van der Waals surface area contributed by atoms with Crippen molar-refractivity contribution in [2.45, 2.75) is 19.3 Å². The number of likely N-dealkylation sites (N-methyl/N-ethyl adjacent to an activating group) is 1. The van der Waals surface area contributed by atoms with Crippen LogP contribution in [0.2, 0.25) is 0 Å². The zero-order valence-corrected chi connectivity index (χ0v) is 13.4. The van der Waals surface area contributed by atoms with E-state index in [4.69, 9.17) is 0 Å². The van der Waals surface area contributed by atoms with Crippen LogP contribution in [-0.4, -0.2) is 13.6 Å². The van der Waals surface area contributed by atoms with E-state index in [9.17, 15) is 4.39 Å². The van der Waals surface area contributed by atoms with Crippen molar-refractivity contribution in [3.63, 3.8) is 0 Å². The second kappa shape index (κ2) is 7.00. The molecule has 2 aromatic rings. The summed E-state index contributed by atoms with van der Waals surface area (Å²) in [6.45, 7) is 2.92. The van der Waals surface area contributed by atoms with E-state index in [0.717, 1.165) is 16.6 Å². The molecular formula is C17H19BrFN. The number of nitrogens with one attached hydrogen (secondary N) is 1. The molecule has 106 valence electrons. The summed E-state index contributed by atoms with van der Waals surface area (Å²) in [5.74, 6) is 0.128. The van der Waals surface area contributed by atoms with E-state index >= 15 is 0 Å². The van der Waals surface area contributed by atoms with Gasteiger partial charge in [0.15, 0.2) is 0 Å². The molecule has 0 saturated heterocycles. The van der Waals surface area contributed by atoms with E-state index in [1.165, 1.54) is 17.2 Å². The normalized spacial score (nSPS) is 12.4. The van der Waals surface area contributed by atoms with Crippen molar-refractivity contribution in [1.82, 2.24) is 5.32 Å². The molecule has 0 aliphatic rings. The second-order valence-electron chi connectivity index (χ2n) is 5.11. The molecule has 0 spiro atoms. The average molecular weight is 336 g/mol. The van der Waals surface area contributed by atoms with E-state index in [1.54, 1.807) is 0 Å². The Labute approximate surface area is 128 Å². The summed E-state index contributed by atoms with van der Waals surface area (Å²) in [6, 6.07) is 13.7. The fraction of sp³-hybridized carbons (Fsp3) is 0.294. The van der Waals surface area contributed by atoms with Gasteiger partial charge in [0.25, 0.3) is 0 Å². The van der Waals surface area contributed by atoms with Crippen LogP contribution < -0.4 is 5.32 Å². The van der Waals surface area contributed by atoms with Crippen molar-refractivity contribution in [1.29, 1.82) is 0 Å². The number of benzene rings is 2. The standard InChI is InChI=1S/C17H19BrFN/c1-12-4-3-5-13(8-12)15(11-20-2)9-14-6-7-16(18)10-17(14)19/h3-8,10,15,20H,9,11H2,1-2H3. The lowest BCUT2D eigenvalue weighted by atomic mass is 9.91. The first-order valence-electron chi connectivity index (χ1n) is 6.75. The van der Waals surface area contributed by atoms with Gasteiger partial charge in [-0.2, -0.15) is 0 Å². The maximum absolute atomic E-state index is 14.0. The van der Waals surface area contributed by atoms with Crippen molar-refractivity contribution >= 4 is 15.9 Å². The van der Waals surface area contributed by atoms with Gasteiger partial charge in [0, 0.05) is 16.9 Å². The van der Waals surface area contributed by atoms with Gasteiger partial charge in [-0.1, -0.05) is 51.8 Å². The molecule has 1 atom stereocenters. The molecule has 1 N–H and O–H groups in total. The minimum absolute atomic E-state index is 0.145. The van der Waals surface area contributed by atoms with E-state index < -0.39 is 0 Å². The van der Waals surface area contributed by atoms with Gasteiger partial charge >= 0.3 is 0 Å². The van der Waals surface area contributed by atoms with Crippen molar-refractivity contribution in [2.24, 2.45) is 0 Å². The quantitative estimate of drug-likeness (QED) is 0.851. The molecule has 2 aromatic carbocycles. The molecule has 0 bridgehead atoms. The van der Waals surface area contributed by atoms with Crippen LogP contribution in [0.5, 0.6) is 0 Å². The summed E-state index contributed by atoms with van der Waals surface area (Å²) in [5, 5.41) is 3.21. The Morgan fingerprint density at radius 1 is 1.20 bits per heavy atom. The fourth-order valence-corrected chi connectivity index (χ4v) is 2.76. The lowest BCUT2D eigenvalue weighted by molar-refractivity contribution is 0.574. The summed E-state index contributed by atoms with van der Waals surface area (Å²) in [7, 11) is 1.93. The first kappa shape index (κ1) is 15.2. The Bertz CT molecular complexity index is 583. The van der Waals surface area contributed by atoms with E-state index in [0.29, 0.717) is 6.42 Å². The predicted octanol–water partition coefficient (Wildman–Crippen LogP) is 4.44. The van der Waals surface area contributed by atoms with Gasteiger partial charge in [0.05, 0.1) is 0 Å². The van der Waals surface area contributed by atoms with Crippen LogP contribution in [0.25, 0.3) is 0 Å². The van der Waals surface area contributed by atoms with Crippen LogP contribution in [-0.2, 0) is 6.42 Å². The molecule has 0 aliphatic carbocycles. The van der Waals surface area contributed by atoms with Crippen molar-refractivity contribution in [3.05, 3.63) is 69.4 Å². The molecule has 0 fully saturated rings. The summed E-state index contributed by atoms with van der Waals surface area (Å²) in [6.07, 6.45) is 0.698. The smallest absolute Gasteiger partial charge is 0.127 e. The van der Waals surface area contributed by atoms with Crippen molar-refractivity contribution < 1.29 is 4.39 Å². The van der Waals surface area contributed by atoms with Gasteiger partial charge in [0.2, 0.25) is 0 Å². The largest absolute Gasteiger partial charge is 0.319 e. The van der Waals surface area contributed by atoms with Crippen LogP contribution in [0.15, 0.2) is 46.9 Å². The Morgan fingerprint density at radius 2 is 2.00 bits per heavy atom. The third kappa shape index (κ3) is 3.90. The van der Waals surface area contributed by atoms with Crippen LogP contribution in [0, 0.1) is 12.7 Å². The Morgan fingerprint density at radius 3 is 2.65 bits per heavy atom. The van der Waals surface area contributed by atoms with E-state index in [1.807, 2.05) is 19.2 Å². The SMILES string of the molecule is CNCC(Cc1ccc(Br)cc1F)c1cccc(C)c1. The zero-order chi connectivity index (χ0) is 14.5. The Kier molecular flexibility index (Phi) is 5.32. The summed E-state index contributed by atoms with van der Waals surface area (Å²) >= 11 is 3.30. The van der Waals surface area contributed by atoms with E-state index in [-0.39, 0.29) is 11.7 Å². The molecule has 2 rings (SSSR count). The van der Waals surface area contributed by atoms with Crippen LogP contribution in [0.4, 0.5) is 4.39 Å². The molecule has 0 aromatic heterocycles. The molecule has 0 amide bonds. The number of halogens is 2. The third-order valence-electron chi connectivity index (χ3n) is 3.45. The highest BCUT2D eigenvalue weighted by Crippen LogP contribution is 2.24. The van der Waals surface area contributed by atoms with Gasteiger partial charge in [-0.05, 0) is 43.7 Å². The highest BCUT2D eigenvalue weighted by Gasteiger charge is 2.14. The number of aryl methyl sites for hydroxylation is 1. The predicted molar refractivity (Wildman–Crippen MR) is 85.7 cm³/mol. The first-order valence-corrected chi connectivity index (χ1v) is 7.54. The monoisotopic (exact) mass is 335 g/mol. The number of hydrogen-bond acceptors (Lipinski definition) is 1. The van der Waals surface area contributed by atoms with Crippen LogP contribution in [0.1, 0.15) is 22.6 Å². The molecule has 0 aliphatic heterocycles. The molecule has 3 heteroatoms. The van der Waals surface area contributed by atoms with Gasteiger partial charge in [-0.3, -0.25) is 0 Å². The maximum Gasteiger partial charge on any atom is 0.127 e. The maximum atomic E-state index is 14.0. The molecule has 0 radical (unpaired) electrons. The number of hydrogen-bond donors (Lipinski definition) is 1. The van der Waals surface area contributed by atoms with Crippen LogP contribution in [0.3, 0.4) is 0 Å². The van der Waals surface area contributed by atoms with Gasteiger partial charge in [0.1, 0.15) is 5.82 Å². The molecule has 0 saturated carbocycles. The van der Waals surface area contributed by atoms with Crippen LogP contribution >= 0.6 is 15.9 Å².